The van der Waals surface area contributed by atoms with Crippen LogP contribution in [0.3, 0.4) is 0 Å². The molecule has 10 rings (SSSR count). The number of pyridine rings is 1. The summed E-state index contributed by atoms with van der Waals surface area (Å²) in [6.45, 7) is 9.12. The highest BCUT2D eigenvalue weighted by Crippen LogP contribution is 2.35. The number of imide groups is 1. The molecule has 3 aromatic carbocycles. The Morgan fingerprint density at radius 1 is 0.896 bits per heavy atom. The number of piperidine rings is 2. The number of benzene rings is 3. The van der Waals surface area contributed by atoms with Crippen molar-refractivity contribution in [2.24, 2.45) is 5.92 Å². The molecule has 1 atom stereocenters. The molecule has 67 heavy (non-hydrogen) atoms. The van der Waals surface area contributed by atoms with Crippen molar-refractivity contribution in [2.45, 2.75) is 51.7 Å². The summed E-state index contributed by atoms with van der Waals surface area (Å²) in [5.74, 6) is 0.292. The number of ether oxygens (including phenoxy) is 1. The summed E-state index contributed by atoms with van der Waals surface area (Å²) in [5, 5.41) is 10.9. The number of amides is 4. The molecule has 0 saturated carbocycles. The van der Waals surface area contributed by atoms with Gasteiger partial charge in [0, 0.05) is 82.1 Å². The van der Waals surface area contributed by atoms with Crippen molar-refractivity contribution in [2.75, 3.05) is 68.5 Å². The molecule has 3 fully saturated rings. The zero-order valence-corrected chi connectivity index (χ0v) is 37.4. The molecule has 17 nitrogen and oxygen atoms in total. The average Bonchev–Trinajstić information content (AvgIpc) is 3.89. The second-order valence-electron chi connectivity index (χ2n) is 17.7. The molecule has 0 bridgehead atoms. The van der Waals surface area contributed by atoms with Gasteiger partial charge in [-0.1, -0.05) is 12.1 Å². The number of carbonyl (C=O) groups excluding carboxylic acids is 4. The van der Waals surface area contributed by atoms with Gasteiger partial charge in [0.05, 0.1) is 29.9 Å². The number of rotatable bonds is 11. The lowest BCUT2D eigenvalue weighted by molar-refractivity contribution is -0.136. The number of aromatic nitrogens is 5. The van der Waals surface area contributed by atoms with Crippen molar-refractivity contribution in [3.05, 3.63) is 113 Å². The SMILES string of the molecule is COc1ccc(F)cc1C(=O)NCc1ccc(-c2nn(-c3ccc(N4CCN(CC5CCN(c6ccc7c(c6)CN(C6CCC(=O)NC6=O)C7=O)CC5)CC4)nc3)c3ncnc(N)c23)cc1C. The molecule has 344 valence electrons. The summed E-state index contributed by atoms with van der Waals surface area (Å²) in [5.41, 5.74) is 13.7. The molecule has 3 saturated heterocycles. The minimum absolute atomic E-state index is 0.120. The smallest absolute Gasteiger partial charge is 0.255 e. The lowest BCUT2D eigenvalue weighted by Gasteiger charge is -2.39. The largest absolute Gasteiger partial charge is 0.496 e. The number of halogens is 1. The minimum Gasteiger partial charge on any atom is -0.496 e. The number of nitrogens with zero attached hydrogens (tertiary/aromatic N) is 9. The van der Waals surface area contributed by atoms with E-state index < -0.39 is 23.7 Å². The normalized spacial score (nSPS) is 18.1. The number of piperazine rings is 1. The number of nitrogens with one attached hydrogen (secondary N) is 2. The molecular weight excluding hydrogens is 856 g/mol. The molecule has 4 aliphatic heterocycles. The Balaban J connectivity index is 0.735. The summed E-state index contributed by atoms with van der Waals surface area (Å²) in [6, 6.07) is 19.1. The van der Waals surface area contributed by atoms with Crippen molar-refractivity contribution < 1.29 is 28.3 Å². The van der Waals surface area contributed by atoms with Crippen LogP contribution in [0.2, 0.25) is 0 Å². The summed E-state index contributed by atoms with van der Waals surface area (Å²) in [4.78, 5) is 72.9. The monoisotopic (exact) mass is 906 g/mol. The number of nitrogens with two attached hydrogens (primary N) is 1. The average molecular weight is 907 g/mol. The molecule has 1 unspecified atom stereocenters. The fraction of sp³-hybridized carbons (Fsp3) is 0.347. The Morgan fingerprint density at radius 2 is 1.70 bits per heavy atom. The van der Waals surface area contributed by atoms with Gasteiger partial charge in [0.15, 0.2) is 5.65 Å². The van der Waals surface area contributed by atoms with Crippen LogP contribution >= 0.6 is 0 Å². The molecule has 4 N–H and O–H groups in total. The predicted octanol–water partition coefficient (Wildman–Crippen LogP) is 4.65. The van der Waals surface area contributed by atoms with Gasteiger partial charge in [-0.15, -0.1) is 0 Å². The first kappa shape index (κ1) is 43.4. The molecule has 0 radical (unpaired) electrons. The quantitative estimate of drug-likeness (QED) is 0.152. The Bertz CT molecular complexity index is 2910. The van der Waals surface area contributed by atoms with Crippen molar-refractivity contribution in [3.63, 3.8) is 0 Å². The fourth-order valence-corrected chi connectivity index (χ4v) is 9.87. The third-order valence-electron chi connectivity index (χ3n) is 13.6. The fourth-order valence-electron chi connectivity index (χ4n) is 9.87. The van der Waals surface area contributed by atoms with Gasteiger partial charge >= 0.3 is 0 Å². The van der Waals surface area contributed by atoms with Crippen LogP contribution in [0.25, 0.3) is 28.0 Å². The number of nitrogen functional groups attached to an aromatic ring is 1. The van der Waals surface area contributed by atoms with Crippen LogP contribution in [-0.2, 0) is 22.7 Å². The maximum absolute atomic E-state index is 13.9. The van der Waals surface area contributed by atoms with Crippen molar-refractivity contribution in [1.82, 2.24) is 45.2 Å². The van der Waals surface area contributed by atoms with Gasteiger partial charge in [-0.2, -0.15) is 5.10 Å². The van der Waals surface area contributed by atoms with Crippen molar-refractivity contribution >= 4 is 52.0 Å². The van der Waals surface area contributed by atoms with E-state index in [2.05, 4.69) is 41.4 Å². The van der Waals surface area contributed by atoms with Gasteiger partial charge < -0.3 is 30.5 Å². The van der Waals surface area contributed by atoms with Crippen LogP contribution in [0, 0.1) is 18.7 Å². The van der Waals surface area contributed by atoms with Crippen LogP contribution < -0.4 is 30.9 Å². The van der Waals surface area contributed by atoms with Crippen LogP contribution in [0.4, 0.5) is 21.7 Å². The number of hydrogen-bond donors (Lipinski definition) is 3. The molecule has 0 spiro atoms. The maximum Gasteiger partial charge on any atom is 0.255 e. The number of fused-ring (bicyclic) bond motifs is 2. The Kier molecular flexibility index (Phi) is 11.7. The third-order valence-corrected chi connectivity index (χ3v) is 13.6. The lowest BCUT2D eigenvalue weighted by atomic mass is 9.95. The Hall–Kier alpha value is -7.47. The Morgan fingerprint density at radius 3 is 2.45 bits per heavy atom. The highest BCUT2D eigenvalue weighted by Gasteiger charge is 2.39. The molecule has 4 amide bonds. The van der Waals surface area contributed by atoms with E-state index in [0.29, 0.717) is 47.0 Å². The summed E-state index contributed by atoms with van der Waals surface area (Å²) >= 11 is 0. The lowest BCUT2D eigenvalue weighted by Crippen LogP contribution is -2.52. The summed E-state index contributed by atoms with van der Waals surface area (Å²) in [6.07, 6.45) is 6.00. The van der Waals surface area contributed by atoms with E-state index in [9.17, 15) is 23.6 Å². The third kappa shape index (κ3) is 8.59. The second-order valence-corrected chi connectivity index (χ2v) is 17.7. The van der Waals surface area contributed by atoms with E-state index in [0.717, 1.165) is 104 Å². The molecule has 6 aromatic rings. The molecular formula is C49H51FN12O5. The van der Waals surface area contributed by atoms with Gasteiger partial charge in [0.25, 0.3) is 11.8 Å². The van der Waals surface area contributed by atoms with Gasteiger partial charge in [-0.25, -0.2) is 24.0 Å². The van der Waals surface area contributed by atoms with Gasteiger partial charge in [0.1, 0.15) is 41.3 Å². The maximum atomic E-state index is 13.9. The van der Waals surface area contributed by atoms with E-state index in [1.165, 1.54) is 25.6 Å². The number of carbonyl (C=O) groups is 4. The number of aryl methyl sites for hydroxylation is 1. The molecule has 7 heterocycles. The first-order valence-corrected chi connectivity index (χ1v) is 22.7. The zero-order valence-electron chi connectivity index (χ0n) is 37.4. The van der Waals surface area contributed by atoms with Crippen LogP contribution in [0.5, 0.6) is 5.75 Å². The molecule has 4 aliphatic rings. The van der Waals surface area contributed by atoms with Gasteiger partial charge in [-0.3, -0.25) is 29.4 Å². The highest BCUT2D eigenvalue weighted by molar-refractivity contribution is 6.05. The van der Waals surface area contributed by atoms with E-state index in [-0.39, 0.29) is 36.1 Å². The summed E-state index contributed by atoms with van der Waals surface area (Å²) in [7, 11) is 1.44. The summed E-state index contributed by atoms with van der Waals surface area (Å²) < 4.78 is 20.9. The number of methoxy groups -OCH3 is 1. The van der Waals surface area contributed by atoms with Crippen LogP contribution in [0.15, 0.2) is 79.3 Å². The molecule has 0 aliphatic carbocycles. The molecule has 3 aromatic heterocycles. The van der Waals surface area contributed by atoms with Gasteiger partial charge in [0.2, 0.25) is 11.8 Å². The van der Waals surface area contributed by atoms with E-state index in [1.54, 1.807) is 9.58 Å². The van der Waals surface area contributed by atoms with E-state index >= 15 is 0 Å². The van der Waals surface area contributed by atoms with E-state index in [4.69, 9.17) is 20.6 Å². The van der Waals surface area contributed by atoms with Crippen LogP contribution in [0.1, 0.15) is 63.1 Å². The first-order valence-electron chi connectivity index (χ1n) is 22.7. The number of anilines is 3. The van der Waals surface area contributed by atoms with Crippen molar-refractivity contribution in [1.29, 1.82) is 0 Å². The Labute approximate surface area is 386 Å². The van der Waals surface area contributed by atoms with Gasteiger partial charge in [-0.05, 0) is 103 Å². The topological polar surface area (TPSA) is 197 Å². The first-order chi connectivity index (χ1) is 32.5. The number of hydrogen-bond acceptors (Lipinski definition) is 13. The zero-order chi connectivity index (χ0) is 46.3. The minimum atomic E-state index is -0.613. The second kappa shape index (κ2) is 18.1. The molecule has 18 heteroatoms. The van der Waals surface area contributed by atoms with E-state index in [1.807, 2.05) is 55.6 Å². The highest BCUT2D eigenvalue weighted by atomic mass is 19.1. The van der Waals surface area contributed by atoms with Crippen molar-refractivity contribution in [3.8, 4) is 22.7 Å². The predicted molar refractivity (Wildman–Crippen MR) is 249 cm³/mol. The van der Waals surface area contributed by atoms with Crippen LogP contribution in [-0.4, -0.2) is 117 Å². The standard InChI is InChI=1S/C49H51FN12O5/c1-29-21-31(3-4-32(29)24-53-47(64)38-23-34(50)5-10-40(38)67-2)44-43-45(51)54-28-55-46(43)62(57-44)36-7-11-41(52-25-36)60-19-17-58(18-20-60)26-30-13-15-59(16-14-30)35-6-8-37-33(22-35)27-61(49(37)66)39-9-12-42(63)56-48(39)65/h3-8,10-11,21-23,25,28,30,39H,9,12-20,24,26-27H2,1-2H3,(H,53,64)(H2,51,54,55)(H,56,63,65).